The maximum absolute atomic E-state index is 10.7. The van der Waals surface area contributed by atoms with Gasteiger partial charge in [-0.25, -0.2) is 4.98 Å². The van der Waals surface area contributed by atoms with Crippen LogP contribution in [0.25, 0.3) is 5.69 Å². The van der Waals surface area contributed by atoms with Crippen molar-refractivity contribution in [1.82, 2.24) is 9.55 Å². The van der Waals surface area contributed by atoms with Gasteiger partial charge in [-0.05, 0) is 51.0 Å². The van der Waals surface area contributed by atoms with Crippen LogP contribution in [0.5, 0.6) is 0 Å². The topological polar surface area (TPSA) is 85.3 Å². The Morgan fingerprint density at radius 1 is 1.15 bits per heavy atom. The fourth-order valence-corrected chi connectivity index (χ4v) is 3.15. The molecule has 0 saturated heterocycles. The van der Waals surface area contributed by atoms with E-state index < -0.39 is 4.92 Å². The van der Waals surface area contributed by atoms with Gasteiger partial charge in [0.25, 0.3) is 5.69 Å². The van der Waals surface area contributed by atoms with E-state index in [4.69, 9.17) is 0 Å². The third-order valence-electron chi connectivity index (χ3n) is 4.47. The van der Waals surface area contributed by atoms with Crippen LogP contribution in [-0.2, 0) is 0 Å². The number of aryl methyl sites for hydroxylation is 3. The van der Waals surface area contributed by atoms with Gasteiger partial charge in [0.15, 0.2) is 0 Å². The van der Waals surface area contributed by atoms with E-state index >= 15 is 0 Å². The molecule has 27 heavy (non-hydrogen) atoms. The third kappa shape index (κ3) is 3.72. The van der Waals surface area contributed by atoms with Crippen molar-refractivity contribution in [3.63, 3.8) is 0 Å². The lowest BCUT2D eigenvalue weighted by Crippen LogP contribution is -2.04. The first-order valence-corrected chi connectivity index (χ1v) is 8.53. The van der Waals surface area contributed by atoms with Crippen molar-refractivity contribution < 1.29 is 4.92 Å². The molecule has 0 amide bonds. The van der Waals surface area contributed by atoms with Crippen molar-refractivity contribution in [1.29, 1.82) is 0 Å². The Labute approximate surface area is 157 Å². The normalized spacial score (nSPS) is 11.1. The Kier molecular flexibility index (Phi) is 5.03. The molecule has 0 saturated carbocycles. The molecule has 0 atom stereocenters. The predicted molar refractivity (Wildman–Crippen MR) is 107 cm³/mol. The van der Waals surface area contributed by atoms with Crippen LogP contribution in [-0.4, -0.2) is 20.7 Å². The van der Waals surface area contributed by atoms with E-state index in [0.717, 1.165) is 17.0 Å². The van der Waals surface area contributed by atoms with Crippen LogP contribution in [0, 0.1) is 37.8 Å². The summed E-state index contributed by atoms with van der Waals surface area (Å²) in [5, 5.41) is 14.9. The Morgan fingerprint density at radius 2 is 1.85 bits per heavy atom. The first-order chi connectivity index (χ1) is 12.9. The molecule has 2 aromatic heterocycles. The summed E-state index contributed by atoms with van der Waals surface area (Å²) in [5.74, 6) is 0.445. The summed E-state index contributed by atoms with van der Waals surface area (Å²) < 4.78 is 2.23. The van der Waals surface area contributed by atoms with E-state index in [1.165, 1.54) is 35.1 Å². The van der Waals surface area contributed by atoms with Crippen LogP contribution in [0.15, 0.2) is 47.7 Å². The number of hydrazone groups is 1. The molecule has 1 aromatic carbocycles. The molecule has 3 aromatic rings. The number of hydrogen-bond donors (Lipinski definition) is 1. The molecule has 2 heterocycles. The zero-order valence-corrected chi connectivity index (χ0v) is 15.7. The van der Waals surface area contributed by atoms with Gasteiger partial charge in [-0.3, -0.25) is 15.5 Å². The average Bonchev–Trinajstić information content (AvgIpc) is 2.90. The fraction of sp³-hybridized carbons (Fsp3) is 0.200. The van der Waals surface area contributed by atoms with E-state index in [1.807, 2.05) is 0 Å². The number of nitrogens with zero attached hydrogens (tertiary/aromatic N) is 4. The molecule has 138 valence electrons. The molecular weight excluding hydrogens is 342 g/mol. The minimum Gasteiger partial charge on any atom is -0.317 e. The van der Waals surface area contributed by atoms with Crippen LogP contribution >= 0.6 is 0 Å². The number of hydrogen-bond acceptors (Lipinski definition) is 5. The predicted octanol–water partition coefficient (Wildman–Crippen LogP) is 4.46. The molecule has 1 N–H and O–H groups in total. The smallest absolute Gasteiger partial charge is 0.287 e. The lowest BCUT2D eigenvalue weighted by atomic mass is 10.1. The molecule has 7 heteroatoms. The van der Waals surface area contributed by atoms with Gasteiger partial charge in [-0.2, -0.15) is 5.10 Å². The van der Waals surface area contributed by atoms with Crippen LogP contribution in [0.3, 0.4) is 0 Å². The van der Waals surface area contributed by atoms with E-state index in [2.05, 4.69) is 72.0 Å². The second-order valence-corrected chi connectivity index (χ2v) is 6.43. The molecule has 0 bridgehead atoms. The van der Waals surface area contributed by atoms with Crippen molar-refractivity contribution >= 4 is 17.7 Å². The van der Waals surface area contributed by atoms with E-state index in [0.29, 0.717) is 5.82 Å². The number of anilines is 1. The molecule has 0 fully saturated rings. The SMILES string of the molecule is Cc1cccc(C)c1-n1c(C)cc(/C=N/Nc2ccc([N+](=O)[O-])cn2)c1C. The van der Waals surface area contributed by atoms with Gasteiger partial charge in [0.1, 0.15) is 12.0 Å². The lowest BCUT2D eigenvalue weighted by Gasteiger charge is -2.15. The number of para-hydroxylation sites is 1. The van der Waals surface area contributed by atoms with Gasteiger partial charge in [0.2, 0.25) is 0 Å². The fourth-order valence-electron chi connectivity index (χ4n) is 3.15. The molecule has 7 nitrogen and oxygen atoms in total. The van der Waals surface area contributed by atoms with Crippen LogP contribution < -0.4 is 5.43 Å². The van der Waals surface area contributed by atoms with Crippen molar-refractivity contribution in [2.45, 2.75) is 27.7 Å². The van der Waals surface area contributed by atoms with Crippen molar-refractivity contribution in [3.8, 4) is 5.69 Å². The number of nitro groups is 1. The second-order valence-electron chi connectivity index (χ2n) is 6.43. The summed E-state index contributed by atoms with van der Waals surface area (Å²) in [6.07, 6.45) is 2.93. The first kappa shape index (κ1) is 18.3. The van der Waals surface area contributed by atoms with Gasteiger partial charge in [-0.1, -0.05) is 18.2 Å². The number of aromatic nitrogens is 2. The van der Waals surface area contributed by atoms with Crippen LogP contribution in [0.4, 0.5) is 11.5 Å². The summed E-state index contributed by atoms with van der Waals surface area (Å²) >= 11 is 0. The van der Waals surface area contributed by atoms with Crippen molar-refractivity contribution in [2.75, 3.05) is 5.43 Å². The Morgan fingerprint density at radius 3 is 2.44 bits per heavy atom. The van der Waals surface area contributed by atoms with E-state index in [-0.39, 0.29) is 5.69 Å². The van der Waals surface area contributed by atoms with E-state index in [9.17, 15) is 10.1 Å². The highest BCUT2D eigenvalue weighted by molar-refractivity contribution is 5.82. The summed E-state index contributed by atoms with van der Waals surface area (Å²) in [6, 6.07) is 11.3. The van der Waals surface area contributed by atoms with E-state index in [1.54, 1.807) is 6.21 Å². The van der Waals surface area contributed by atoms with Gasteiger partial charge in [0, 0.05) is 23.0 Å². The first-order valence-electron chi connectivity index (χ1n) is 8.53. The number of benzene rings is 1. The highest BCUT2D eigenvalue weighted by atomic mass is 16.6. The summed E-state index contributed by atoms with van der Waals surface area (Å²) in [4.78, 5) is 14.2. The molecule has 0 radical (unpaired) electrons. The maximum Gasteiger partial charge on any atom is 0.287 e. The third-order valence-corrected chi connectivity index (χ3v) is 4.47. The Hall–Kier alpha value is -3.48. The van der Waals surface area contributed by atoms with Crippen molar-refractivity contribution in [3.05, 3.63) is 80.8 Å². The molecular formula is C20H21N5O2. The minimum atomic E-state index is -0.484. The number of rotatable bonds is 5. The van der Waals surface area contributed by atoms with Gasteiger partial charge >= 0.3 is 0 Å². The minimum absolute atomic E-state index is 0.0540. The monoisotopic (exact) mass is 363 g/mol. The zero-order chi connectivity index (χ0) is 19.6. The van der Waals surface area contributed by atoms with Crippen LogP contribution in [0.2, 0.25) is 0 Å². The van der Waals surface area contributed by atoms with Crippen molar-refractivity contribution in [2.24, 2.45) is 5.10 Å². The standard InChI is InChI=1S/C20H21N5O2/c1-13-6-5-7-14(2)20(13)24-15(3)10-17(16(24)4)11-22-23-19-9-8-18(12-21-19)25(26)27/h5-12H,1-4H3,(H,21,23)/b22-11+. The largest absolute Gasteiger partial charge is 0.317 e. The maximum atomic E-state index is 10.7. The second kappa shape index (κ2) is 7.41. The zero-order valence-electron chi connectivity index (χ0n) is 15.7. The lowest BCUT2D eigenvalue weighted by molar-refractivity contribution is -0.385. The summed E-state index contributed by atoms with van der Waals surface area (Å²) in [6.45, 7) is 8.35. The molecule has 0 aliphatic carbocycles. The number of pyridine rings is 1. The van der Waals surface area contributed by atoms with Gasteiger partial charge < -0.3 is 4.57 Å². The molecule has 0 aliphatic rings. The summed E-state index contributed by atoms with van der Waals surface area (Å²) in [5.41, 5.74) is 9.58. The van der Waals surface area contributed by atoms with Gasteiger partial charge in [-0.15, -0.1) is 0 Å². The molecule has 0 spiro atoms. The molecule has 0 aliphatic heterocycles. The highest BCUT2D eigenvalue weighted by Crippen LogP contribution is 2.25. The Bertz CT molecular complexity index is 999. The van der Waals surface area contributed by atoms with Gasteiger partial charge in [0.05, 0.1) is 16.8 Å². The number of nitrogens with one attached hydrogen (secondary N) is 1. The average molecular weight is 363 g/mol. The highest BCUT2D eigenvalue weighted by Gasteiger charge is 2.13. The summed E-state index contributed by atoms with van der Waals surface area (Å²) in [7, 11) is 0. The Balaban J connectivity index is 1.84. The van der Waals surface area contributed by atoms with Crippen LogP contribution in [0.1, 0.15) is 28.1 Å². The quantitative estimate of drug-likeness (QED) is 0.412. The molecule has 0 unspecified atom stereocenters. The molecule has 3 rings (SSSR count).